The third kappa shape index (κ3) is 2.53. The third-order valence-electron chi connectivity index (χ3n) is 6.39. The van der Waals surface area contributed by atoms with Gasteiger partial charge < -0.3 is 4.40 Å². The predicted octanol–water partition coefficient (Wildman–Crippen LogP) is 2.24. The van der Waals surface area contributed by atoms with Crippen LogP contribution in [0.4, 0.5) is 5.69 Å². The van der Waals surface area contributed by atoms with E-state index in [1.54, 1.807) is 6.07 Å². The second-order valence-corrected chi connectivity index (χ2v) is 8.47. The lowest BCUT2D eigenvalue weighted by Gasteiger charge is -2.18. The first-order chi connectivity index (χ1) is 15.8. The van der Waals surface area contributed by atoms with Crippen LogP contribution in [0.2, 0.25) is 5.02 Å². The molecule has 0 unspecified atom stereocenters. The number of nitrogens with zero attached hydrogens (tertiary/aromatic N) is 2. The standard InChI is InChI=1S/C24H9B4ClN2O2/c25-19-18(24(31(32)33)22(28)21(27)20(19)26)12-4-2-6-16-17(12)13-5-1-3-11-14-9-10(29)7-8-15(14)30(16)23(11)13/h1-9H. The summed E-state index contributed by atoms with van der Waals surface area (Å²) in [5.41, 5.74) is 2.99. The molecule has 4 aromatic carbocycles. The maximum absolute atomic E-state index is 12.1. The minimum atomic E-state index is -0.566. The molecular weight excluding hydrogens is 427 g/mol. The summed E-state index contributed by atoms with van der Waals surface area (Å²) in [6.45, 7) is 0. The van der Waals surface area contributed by atoms with Gasteiger partial charge >= 0.3 is 0 Å². The van der Waals surface area contributed by atoms with Crippen molar-refractivity contribution in [2.45, 2.75) is 0 Å². The largest absolute Gasteiger partial charge is 0.308 e. The van der Waals surface area contributed by atoms with Crippen LogP contribution in [0.1, 0.15) is 0 Å². The molecule has 2 aromatic heterocycles. The average Bonchev–Trinajstić information content (AvgIpc) is 3.31. The molecule has 4 nitrogen and oxygen atoms in total. The van der Waals surface area contributed by atoms with E-state index < -0.39 is 4.92 Å². The molecule has 0 saturated carbocycles. The molecule has 0 fully saturated rings. The molecule has 33 heavy (non-hydrogen) atoms. The SMILES string of the molecule is [B]c1c([B])c([B])c([N+](=O)[O-])c(-c2cccc3c2c2cccc4c5cc(Cl)ccc5n3c42)c1[B]. The Morgan fingerprint density at radius 1 is 0.788 bits per heavy atom. The van der Waals surface area contributed by atoms with E-state index in [1.807, 2.05) is 48.5 Å². The summed E-state index contributed by atoms with van der Waals surface area (Å²) in [5.74, 6) is 0. The summed E-state index contributed by atoms with van der Waals surface area (Å²) in [7, 11) is 24.4. The van der Waals surface area contributed by atoms with Gasteiger partial charge in [-0.3, -0.25) is 10.1 Å². The minimum absolute atomic E-state index is 0.0293. The van der Waals surface area contributed by atoms with E-state index >= 15 is 0 Å². The molecular formula is C24H9B4ClN2O2. The van der Waals surface area contributed by atoms with E-state index in [1.165, 1.54) is 0 Å². The molecule has 0 spiro atoms. The third-order valence-corrected chi connectivity index (χ3v) is 6.62. The minimum Gasteiger partial charge on any atom is -0.308 e. The monoisotopic (exact) mass is 436 g/mol. The second kappa shape index (κ2) is 6.82. The number of hydrogen-bond donors (Lipinski definition) is 0. The number of hydrogen-bond acceptors (Lipinski definition) is 2. The molecule has 146 valence electrons. The fourth-order valence-corrected chi connectivity index (χ4v) is 5.16. The van der Waals surface area contributed by atoms with Gasteiger partial charge in [0.1, 0.15) is 31.4 Å². The first-order valence-corrected chi connectivity index (χ1v) is 10.5. The van der Waals surface area contributed by atoms with Crippen molar-refractivity contribution in [1.29, 1.82) is 0 Å². The van der Waals surface area contributed by atoms with Gasteiger partial charge in [0.25, 0.3) is 5.69 Å². The predicted molar refractivity (Wildman–Crippen MR) is 140 cm³/mol. The topological polar surface area (TPSA) is 47.5 Å². The zero-order valence-corrected chi connectivity index (χ0v) is 17.9. The van der Waals surface area contributed by atoms with Crippen LogP contribution in [0.3, 0.4) is 0 Å². The Balaban J connectivity index is 1.87. The van der Waals surface area contributed by atoms with Crippen molar-refractivity contribution in [3.63, 3.8) is 0 Å². The highest BCUT2D eigenvalue weighted by Gasteiger charge is 2.27. The van der Waals surface area contributed by atoms with Gasteiger partial charge in [-0.1, -0.05) is 47.4 Å². The highest BCUT2D eigenvalue weighted by molar-refractivity contribution is 6.65. The van der Waals surface area contributed by atoms with Crippen LogP contribution in [-0.4, -0.2) is 40.7 Å². The molecule has 6 aromatic rings. The lowest BCUT2D eigenvalue weighted by molar-refractivity contribution is -0.382. The van der Waals surface area contributed by atoms with Crippen LogP contribution in [0.5, 0.6) is 0 Å². The molecule has 0 aliphatic carbocycles. The zero-order valence-electron chi connectivity index (χ0n) is 17.1. The number of benzene rings is 4. The first kappa shape index (κ1) is 20.3. The van der Waals surface area contributed by atoms with Crippen molar-refractivity contribution in [3.8, 4) is 11.1 Å². The molecule has 9 heteroatoms. The van der Waals surface area contributed by atoms with Gasteiger partial charge in [-0.05, 0) is 35.3 Å². The van der Waals surface area contributed by atoms with Crippen molar-refractivity contribution in [3.05, 3.63) is 69.7 Å². The Morgan fingerprint density at radius 2 is 1.48 bits per heavy atom. The number of fused-ring (bicyclic) bond motifs is 6. The maximum atomic E-state index is 12.1. The fraction of sp³-hybridized carbons (Fsp3) is 0. The molecule has 0 amide bonds. The van der Waals surface area contributed by atoms with E-state index in [-0.39, 0.29) is 33.1 Å². The van der Waals surface area contributed by atoms with Crippen LogP contribution in [0.15, 0.2) is 54.6 Å². The maximum Gasteiger partial charge on any atom is 0.268 e. The van der Waals surface area contributed by atoms with Gasteiger partial charge in [0, 0.05) is 26.6 Å². The normalized spacial score (nSPS) is 11.9. The van der Waals surface area contributed by atoms with Gasteiger partial charge in [0.2, 0.25) is 0 Å². The zero-order chi connectivity index (χ0) is 23.2. The summed E-state index contributed by atoms with van der Waals surface area (Å²) in [6.07, 6.45) is 0. The first-order valence-electron chi connectivity index (χ1n) is 10.1. The molecule has 8 radical (unpaired) electrons. The Morgan fingerprint density at radius 3 is 2.24 bits per heavy atom. The summed E-state index contributed by atoms with van der Waals surface area (Å²) >= 11 is 6.28. The Labute approximate surface area is 198 Å². The van der Waals surface area contributed by atoms with Crippen molar-refractivity contribution in [1.82, 2.24) is 4.40 Å². The fourth-order valence-electron chi connectivity index (χ4n) is 4.99. The number of aromatic nitrogens is 1. The molecule has 2 heterocycles. The van der Waals surface area contributed by atoms with E-state index in [0.29, 0.717) is 10.6 Å². The van der Waals surface area contributed by atoms with Gasteiger partial charge in [0.05, 0.1) is 27.0 Å². The molecule has 0 aliphatic heterocycles. The molecule has 6 rings (SSSR count). The smallest absolute Gasteiger partial charge is 0.268 e. The van der Waals surface area contributed by atoms with Gasteiger partial charge in [-0.2, -0.15) is 0 Å². The Kier molecular flexibility index (Phi) is 4.18. The molecule has 0 aliphatic rings. The van der Waals surface area contributed by atoms with Gasteiger partial charge in [-0.25, -0.2) is 0 Å². The molecule has 0 N–H and O–H groups in total. The lowest BCUT2D eigenvalue weighted by Crippen LogP contribution is -2.49. The lowest BCUT2D eigenvalue weighted by atomic mass is 9.63. The number of halogens is 1. The van der Waals surface area contributed by atoms with E-state index in [2.05, 4.69) is 4.40 Å². The van der Waals surface area contributed by atoms with E-state index in [0.717, 1.165) is 38.1 Å². The molecule has 0 atom stereocenters. The van der Waals surface area contributed by atoms with E-state index in [9.17, 15) is 10.1 Å². The number of para-hydroxylation sites is 1. The molecule has 0 bridgehead atoms. The van der Waals surface area contributed by atoms with Crippen molar-refractivity contribution >= 4 is 109 Å². The number of nitro benzene ring substituents is 1. The van der Waals surface area contributed by atoms with Gasteiger partial charge in [0.15, 0.2) is 0 Å². The number of nitro groups is 1. The molecule has 0 saturated heterocycles. The van der Waals surface area contributed by atoms with E-state index in [4.69, 9.17) is 43.0 Å². The number of rotatable bonds is 2. The van der Waals surface area contributed by atoms with Crippen LogP contribution in [0, 0.1) is 10.1 Å². The summed E-state index contributed by atoms with van der Waals surface area (Å²) in [4.78, 5) is 11.5. The van der Waals surface area contributed by atoms with Crippen molar-refractivity contribution in [2.24, 2.45) is 0 Å². The quantitative estimate of drug-likeness (QED) is 0.238. The Bertz CT molecular complexity index is 1810. The highest BCUT2D eigenvalue weighted by atomic mass is 35.5. The summed E-state index contributed by atoms with van der Waals surface area (Å²) in [6, 6.07) is 17.3. The second-order valence-electron chi connectivity index (χ2n) is 8.03. The average molecular weight is 436 g/mol. The summed E-state index contributed by atoms with van der Waals surface area (Å²) in [5, 5.41) is 16.5. The van der Waals surface area contributed by atoms with Crippen LogP contribution in [0.25, 0.3) is 49.2 Å². The van der Waals surface area contributed by atoms with Crippen molar-refractivity contribution in [2.75, 3.05) is 0 Å². The summed E-state index contributed by atoms with van der Waals surface area (Å²) < 4.78 is 2.14. The van der Waals surface area contributed by atoms with Crippen LogP contribution < -0.4 is 21.9 Å². The van der Waals surface area contributed by atoms with Gasteiger partial charge in [-0.15, -0.1) is 10.9 Å². The van der Waals surface area contributed by atoms with Crippen LogP contribution >= 0.6 is 11.6 Å². The van der Waals surface area contributed by atoms with Crippen LogP contribution in [-0.2, 0) is 0 Å². The highest BCUT2D eigenvalue weighted by Crippen LogP contribution is 2.43. The van der Waals surface area contributed by atoms with Crippen molar-refractivity contribution < 1.29 is 4.92 Å². The Hall–Kier alpha value is -3.37.